The van der Waals surface area contributed by atoms with Gasteiger partial charge in [-0.05, 0) is 31.5 Å². The van der Waals surface area contributed by atoms with Gasteiger partial charge in [0.1, 0.15) is 5.75 Å². The van der Waals surface area contributed by atoms with E-state index in [9.17, 15) is 12.9 Å². The number of ether oxygens (including phenoxy) is 2. The first-order chi connectivity index (χ1) is 8.38. The minimum atomic E-state index is -5.11. The molecule has 0 aliphatic heterocycles. The number of methoxy groups -OCH3 is 1. The highest BCUT2D eigenvalue weighted by Crippen LogP contribution is 2.23. The third-order valence-corrected chi connectivity index (χ3v) is 2.59. The number of hydrogen-bond donors (Lipinski definition) is 0. The summed E-state index contributed by atoms with van der Waals surface area (Å²) in [5.74, 6) is 0.0592. The lowest BCUT2D eigenvalue weighted by Crippen LogP contribution is -2.36. The van der Waals surface area contributed by atoms with Gasteiger partial charge in [-0.3, -0.25) is 0 Å². The number of rotatable bonds is 6. The Kier molecular flexibility index (Phi) is 4.93. The van der Waals surface area contributed by atoms with E-state index in [1.165, 1.54) is 19.2 Å². The van der Waals surface area contributed by atoms with E-state index in [0.717, 1.165) is 18.9 Å². The summed E-state index contributed by atoms with van der Waals surface area (Å²) in [5, 5.41) is 0. The highest BCUT2D eigenvalue weighted by Gasteiger charge is 2.30. The summed E-state index contributed by atoms with van der Waals surface area (Å²) >= 11 is 0. The van der Waals surface area contributed by atoms with Crippen molar-refractivity contribution in [3.8, 4) is 11.5 Å². The zero-order valence-electron chi connectivity index (χ0n) is 10.8. The Labute approximate surface area is 105 Å². The fourth-order valence-corrected chi connectivity index (χ4v) is 1.70. The Hall–Kier alpha value is -1.33. The second-order valence-corrected chi connectivity index (χ2v) is 4.20. The second kappa shape index (κ2) is 6.02. The quantitative estimate of drug-likeness (QED) is 0.731. The van der Waals surface area contributed by atoms with Gasteiger partial charge in [0.25, 0.3) is 0 Å². The number of halogens is 3. The third kappa shape index (κ3) is 3.86. The molecule has 1 atom stereocenters. The van der Waals surface area contributed by atoms with Crippen molar-refractivity contribution >= 4 is 12.4 Å². The molecule has 6 heteroatoms. The molecule has 1 aromatic carbocycles. The minimum Gasteiger partial charge on any atom is -0.497 e. The van der Waals surface area contributed by atoms with Crippen LogP contribution in [-0.4, -0.2) is 20.2 Å². The van der Waals surface area contributed by atoms with Crippen LogP contribution in [0.3, 0.4) is 0 Å². The fourth-order valence-electron chi connectivity index (χ4n) is 1.70. The molecule has 0 saturated carbocycles. The highest BCUT2D eigenvalue weighted by molar-refractivity contribution is 6.74. The van der Waals surface area contributed by atoms with E-state index in [0.29, 0.717) is 0 Å². The van der Waals surface area contributed by atoms with Crippen LogP contribution in [0.4, 0.5) is 12.9 Å². The molecule has 0 spiro atoms. The van der Waals surface area contributed by atoms with Crippen LogP contribution in [-0.2, 0) is 0 Å². The smallest absolute Gasteiger partial charge is 0.497 e. The van der Waals surface area contributed by atoms with Gasteiger partial charge in [0.15, 0.2) is 0 Å². The molecule has 18 heavy (non-hydrogen) atoms. The summed E-state index contributed by atoms with van der Waals surface area (Å²) in [4.78, 5) is 0. The molecule has 0 saturated heterocycles. The maximum absolute atomic E-state index is 12.9. The molecule has 102 valence electrons. The average Bonchev–Trinajstić information content (AvgIpc) is 2.28. The number of hydrogen-bond acceptors (Lipinski definition) is 2. The van der Waals surface area contributed by atoms with Gasteiger partial charge in [0, 0.05) is 0 Å². The van der Waals surface area contributed by atoms with E-state index in [4.69, 9.17) is 9.47 Å². The van der Waals surface area contributed by atoms with E-state index >= 15 is 0 Å². The van der Waals surface area contributed by atoms with Crippen LogP contribution in [0.1, 0.15) is 26.7 Å². The predicted octanol–water partition coefficient (Wildman–Crippen LogP) is 3.32. The van der Waals surface area contributed by atoms with E-state index < -0.39 is 12.4 Å². The Morgan fingerprint density at radius 3 is 2.44 bits per heavy atom. The molecule has 0 radical (unpaired) electrons. The second-order valence-electron chi connectivity index (χ2n) is 4.20. The van der Waals surface area contributed by atoms with Crippen LogP contribution < -0.4 is 14.9 Å². The van der Waals surface area contributed by atoms with Gasteiger partial charge >= 0.3 is 6.98 Å². The monoisotopic (exact) mass is 261 g/mol. The zero-order valence-corrected chi connectivity index (χ0v) is 10.8. The standard InChI is InChI=1S/C12H17BF3O2/c1-4-5-9(2)18-12-7-6-10(17-3)8-11(12)13(14,15)16/h6-9H,4-5H2,1-3H3/q-1. The molecule has 0 aromatic heterocycles. The molecule has 0 amide bonds. The fraction of sp³-hybridized carbons (Fsp3) is 0.500. The zero-order chi connectivity index (χ0) is 13.8. The van der Waals surface area contributed by atoms with Gasteiger partial charge in [-0.15, -0.1) is 0 Å². The van der Waals surface area contributed by atoms with Crippen LogP contribution >= 0.6 is 0 Å². The molecule has 1 rings (SSSR count). The molecule has 1 aromatic rings. The molecule has 0 N–H and O–H groups in total. The highest BCUT2D eigenvalue weighted by atomic mass is 19.4. The van der Waals surface area contributed by atoms with Crippen molar-refractivity contribution in [2.45, 2.75) is 32.8 Å². The normalized spacial score (nSPS) is 13.2. The van der Waals surface area contributed by atoms with Crippen LogP contribution in [0.2, 0.25) is 0 Å². The topological polar surface area (TPSA) is 18.5 Å². The first-order valence-electron chi connectivity index (χ1n) is 5.93. The Balaban J connectivity index is 3.03. The van der Waals surface area contributed by atoms with Crippen molar-refractivity contribution < 1.29 is 22.4 Å². The lowest BCUT2D eigenvalue weighted by Gasteiger charge is -2.23. The van der Waals surface area contributed by atoms with E-state index in [2.05, 4.69) is 0 Å². The van der Waals surface area contributed by atoms with E-state index in [1.54, 1.807) is 6.92 Å². The first kappa shape index (κ1) is 14.7. The molecule has 1 unspecified atom stereocenters. The maximum Gasteiger partial charge on any atom is 0.513 e. The molecule has 0 heterocycles. The summed E-state index contributed by atoms with van der Waals surface area (Å²) in [6, 6.07) is 3.77. The lowest BCUT2D eigenvalue weighted by atomic mass is 9.79. The van der Waals surface area contributed by atoms with Crippen molar-refractivity contribution in [1.82, 2.24) is 0 Å². The SMILES string of the molecule is CCCC(C)Oc1ccc(OC)cc1[B-](F)(F)F. The number of benzene rings is 1. The van der Waals surface area contributed by atoms with Gasteiger partial charge < -0.3 is 22.4 Å². The summed E-state index contributed by atoms with van der Waals surface area (Å²) < 4.78 is 48.9. The Bertz CT molecular complexity index is 393. The average molecular weight is 261 g/mol. The Morgan fingerprint density at radius 1 is 1.28 bits per heavy atom. The Morgan fingerprint density at radius 2 is 1.94 bits per heavy atom. The third-order valence-electron chi connectivity index (χ3n) is 2.59. The summed E-state index contributed by atoms with van der Waals surface area (Å²) in [6.45, 7) is -1.39. The van der Waals surface area contributed by atoms with Crippen LogP contribution in [0, 0.1) is 0 Å². The van der Waals surface area contributed by atoms with Crippen molar-refractivity contribution in [1.29, 1.82) is 0 Å². The molecule has 0 fully saturated rings. The van der Waals surface area contributed by atoms with Crippen LogP contribution in [0.5, 0.6) is 11.5 Å². The van der Waals surface area contributed by atoms with E-state index in [1.807, 2.05) is 6.92 Å². The molecular formula is C12H17BF3O2-. The maximum atomic E-state index is 12.9. The van der Waals surface area contributed by atoms with Crippen molar-refractivity contribution in [3.63, 3.8) is 0 Å². The van der Waals surface area contributed by atoms with Crippen LogP contribution in [0.25, 0.3) is 0 Å². The first-order valence-corrected chi connectivity index (χ1v) is 5.93. The molecule has 0 bridgehead atoms. The lowest BCUT2D eigenvalue weighted by molar-refractivity contribution is 0.210. The van der Waals surface area contributed by atoms with Gasteiger partial charge in [-0.2, -0.15) is 0 Å². The minimum absolute atomic E-state index is 0.121. The van der Waals surface area contributed by atoms with Gasteiger partial charge in [-0.1, -0.05) is 18.8 Å². The van der Waals surface area contributed by atoms with Crippen molar-refractivity contribution in [3.05, 3.63) is 18.2 Å². The van der Waals surface area contributed by atoms with E-state index in [-0.39, 0.29) is 17.6 Å². The van der Waals surface area contributed by atoms with Gasteiger partial charge in [0.05, 0.1) is 19.0 Å². The summed E-state index contributed by atoms with van der Waals surface area (Å²) in [5.41, 5.74) is -0.739. The molecule has 0 aliphatic carbocycles. The largest absolute Gasteiger partial charge is 0.513 e. The summed E-state index contributed by atoms with van der Waals surface area (Å²) in [7, 11) is 1.34. The van der Waals surface area contributed by atoms with Crippen molar-refractivity contribution in [2.24, 2.45) is 0 Å². The van der Waals surface area contributed by atoms with Crippen molar-refractivity contribution in [2.75, 3.05) is 7.11 Å². The van der Waals surface area contributed by atoms with Crippen LogP contribution in [0.15, 0.2) is 18.2 Å². The molecule has 2 nitrogen and oxygen atoms in total. The molecular weight excluding hydrogens is 244 g/mol. The summed E-state index contributed by atoms with van der Waals surface area (Å²) in [6.07, 6.45) is 1.35. The predicted molar refractivity (Wildman–Crippen MR) is 66.7 cm³/mol. The van der Waals surface area contributed by atoms with Gasteiger partial charge in [-0.25, -0.2) is 0 Å². The van der Waals surface area contributed by atoms with Gasteiger partial charge in [0.2, 0.25) is 0 Å². The molecule has 0 aliphatic rings.